The molecule has 9 nitrogen and oxygen atoms in total. The van der Waals surface area contributed by atoms with E-state index in [1.165, 1.54) is 0 Å². The number of hydrogen-bond donors (Lipinski definition) is 1. The van der Waals surface area contributed by atoms with Gasteiger partial charge in [0.05, 0.1) is 35.2 Å². The van der Waals surface area contributed by atoms with Crippen LogP contribution < -0.4 is 9.64 Å². The number of aliphatic carboxylic acids is 1. The molecule has 2 aromatic carbocycles. The van der Waals surface area contributed by atoms with Crippen LogP contribution in [0.15, 0.2) is 60.7 Å². The average Bonchev–Trinajstić information content (AvgIpc) is 3.43. The van der Waals surface area contributed by atoms with Gasteiger partial charge in [0.25, 0.3) is 0 Å². The molecule has 1 N–H and O–H groups in total. The minimum atomic E-state index is -1.22. The molecule has 2 aromatic heterocycles. The summed E-state index contributed by atoms with van der Waals surface area (Å²) in [6.45, 7) is 15.6. The molecule has 0 amide bonds. The summed E-state index contributed by atoms with van der Waals surface area (Å²) in [5.74, 6) is 0.468. The SMILES string of the molecule is Cc1ccc2c(c1)-c1cccc(c1)-c1cc3nc(C)c([C@H](OC(C)(C)C)C(=O)O)c(n3n1)N1CCC(C)(CC1)OC/C=C/C[C@H](C)O2. The lowest BCUT2D eigenvalue weighted by atomic mass is 9.92. The van der Waals surface area contributed by atoms with Crippen molar-refractivity contribution in [2.75, 3.05) is 24.6 Å². The molecule has 1 saturated heterocycles. The van der Waals surface area contributed by atoms with Crippen LogP contribution in [0.4, 0.5) is 5.82 Å². The van der Waals surface area contributed by atoms with Gasteiger partial charge in [-0.05, 0) is 85.1 Å². The van der Waals surface area contributed by atoms with E-state index >= 15 is 0 Å². The van der Waals surface area contributed by atoms with Gasteiger partial charge >= 0.3 is 5.97 Å². The molecule has 47 heavy (non-hydrogen) atoms. The minimum Gasteiger partial charge on any atom is -0.490 e. The largest absolute Gasteiger partial charge is 0.490 e. The Morgan fingerprint density at radius 2 is 1.81 bits per heavy atom. The normalized spacial score (nSPS) is 21.7. The van der Waals surface area contributed by atoms with Gasteiger partial charge in [-0.25, -0.2) is 9.78 Å². The number of benzene rings is 2. The third kappa shape index (κ3) is 7.06. The predicted octanol–water partition coefficient (Wildman–Crippen LogP) is 7.72. The van der Waals surface area contributed by atoms with Crippen LogP contribution in [0.3, 0.4) is 0 Å². The first-order chi connectivity index (χ1) is 22.3. The smallest absolute Gasteiger partial charge is 0.337 e. The molecule has 0 radical (unpaired) electrons. The minimum absolute atomic E-state index is 0.0161. The summed E-state index contributed by atoms with van der Waals surface area (Å²) >= 11 is 0. The Balaban J connectivity index is 1.55. The first-order valence-electron chi connectivity index (χ1n) is 16.5. The fraction of sp³-hybridized carbons (Fsp3) is 0.447. The monoisotopic (exact) mass is 638 g/mol. The van der Waals surface area contributed by atoms with E-state index in [4.69, 9.17) is 24.3 Å². The highest BCUT2D eigenvalue weighted by atomic mass is 16.5. The number of nitrogens with zero attached hydrogens (tertiary/aromatic N) is 4. The number of rotatable bonds is 3. The summed E-state index contributed by atoms with van der Waals surface area (Å²) in [7, 11) is 0. The first kappa shape index (κ1) is 32.7. The summed E-state index contributed by atoms with van der Waals surface area (Å²) in [6.07, 6.45) is 5.28. The molecule has 0 aliphatic carbocycles. The van der Waals surface area contributed by atoms with Crippen molar-refractivity contribution in [1.29, 1.82) is 0 Å². The second kappa shape index (κ2) is 12.8. The van der Waals surface area contributed by atoms with Gasteiger partial charge in [-0.3, -0.25) is 0 Å². The van der Waals surface area contributed by atoms with Gasteiger partial charge in [-0.1, -0.05) is 42.0 Å². The lowest BCUT2D eigenvalue weighted by Crippen LogP contribution is -2.45. The highest BCUT2D eigenvalue weighted by Crippen LogP contribution is 2.39. The molecule has 7 rings (SSSR count). The number of carbonyl (C=O) groups is 1. The second-order valence-corrected chi connectivity index (χ2v) is 14.1. The van der Waals surface area contributed by atoms with Crippen molar-refractivity contribution in [2.45, 2.75) is 91.1 Å². The lowest BCUT2D eigenvalue weighted by Gasteiger charge is -2.41. The van der Waals surface area contributed by atoms with Crippen molar-refractivity contribution in [3.8, 4) is 28.1 Å². The second-order valence-electron chi connectivity index (χ2n) is 14.1. The van der Waals surface area contributed by atoms with Crippen LogP contribution >= 0.6 is 0 Å². The third-order valence-electron chi connectivity index (χ3n) is 8.98. The van der Waals surface area contributed by atoms with E-state index in [1.807, 2.05) is 52.0 Å². The van der Waals surface area contributed by atoms with Gasteiger partial charge in [-0.2, -0.15) is 9.61 Å². The van der Waals surface area contributed by atoms with E-state index in [1.54, 1.807) is 4.52 Å². The number of anilines is 1. The van der Waals surface area contributed by atoms with Crippen LogP contribution in [0.5, 0.6) is 5.75 Å². The van der Waals surface area contributed by atoms with Crippen LogP contribution in [-0.4, -0.2) is 62.7 Å². The standard InChI is InChI=1S/C38H46N4O5/c1-24-14-15-31-29(21-24)27-12-10-13-28(22-27)30-23-32-39-26(3)33(34(36(43)44)47-37(4,5)6)35(42(32)40-30)41-18-16-38(7,17-19-41)45-20-9-8-11-25(2)46-31/h8-10,12-15,21-23,25,34H,11,16-20H2,1-7H3,(H,43,44)/b9-8+/t25-,34-/m0/s1. The molecule has 6 bridgehead atoms. The topological polar surface area (TPSA) is 98.4 Å². The van der Waals surface area contributed by atoms with E-state index in [9.17, 15) is 9.90 Å². The van der Waals surface area contributed by atoms with Gasteiger partial charge < -0.3 is 24.2 Å². The molecule has 5 heterocycles. The van der Waals surface area contributed by atoms with E-state index < -0.39 is 17.7 Å². The summed E-state index contributed by atoms with van der Waals surface area (Å²) in [4.78, 5) is 19.9. The molecule has 1 fully saturated rings. The van der Waals surface area contributed by atoms with Crippen molar-refractivity contribution in [3.05, 3.63) is 77.5 Å². The molecule has 0 spiro atoms. The third-order valence-corrected chi connectivity index (χ3v) is 8.98. The number of piperidine rings is 1. The van der Waals surface area contributed by atoms with Crippen LogP contribution in [0, 0.1) is 13.8 Å². The maximum atomic E-state index is 12.8. The maximum absolute atomic E-state index is 12.8. The number of fused-ring (bicyclic) bond motifs is 7. The quantitative estimate of drug-likeness (QED) is 0.228. The number of aromatic nitrogens is 3. The van der Waals surface area contributed by atoms with Gasteiger partial charge in [0, 0.05) is 42.4 Å². The summed E-state index contributed by atoms with van der Waals surface area (Å²) < 4.78 is 20.9. The van der Waals surface area contributed by atoms with Crippen molar-refractivity contribution < 1.29 is 24.1 Å². The lowest BCUT2D eigenvalue weighted by molar-refractivity contribution is -0.160. The van der Waals surface area contributed by atoms with Crippen LogP contribution in [0.2, 0.25) is 0 Å². The average molecular weight is 639 g/mol. The number of hydrogen-bond acceptors (Lipinski definition) is 7. The fourth-order valence-electron chi connectivity index (χ4n) is 6.48. The Hall–Kier alpha value is -4.21. The van der Waals surface area contributed by atoms with Crippen molar-refractivity contribution in [1.82, 2.24) is 14.6 Å². The van der Waals surface area contributed by atoms with Crippen LogP contribution in [-0.2, 0) is 14.3 Å². The molecular formula is C38H46N4O5. The molecule has 9 heteroatoms. The Labute approximate surface area is 277 Å². The van der Waals surface area contributed by atoms with Crippen molar-refractivity contribution >= 4 is 17.4 Å². The van der Waals surface area contributed by atoms with E-state index in [0.29, 0.717) is 42.4 Å². The zero-order valence-corrected chi connectivity index (χ0v) is 28.5. The molecule has 0 saturated carbocycles. The molecule has 248 valence electrons. The Morgan fingerprint density at radius 1 is 1.06 bits per heavy atom. The van der Waals surface area contributed by atoms with Gasteiger partial charge in [0.15, 0.2) is 11.8 Å². The number of ether oxygens (including phenoxy) is 3. The van der Waals surface area contributed by atoms with E-state index in [0.717, 1.165) is 53.0 Å². The molecular weight excluding hydrogens is 592 g/mol. The Kier molecular flexibility index (Phi) is 8.89. The highest BCUT2D eigenvalue weighted by molar-refractivity contribution is 5.80. The van der Waals surface area contributed by atoms with Crippen molar-refractivity contribution in [3.63, 3.8) is 0 Å². The summed E-state index contributed by atoms with van der Waals surface area (Å²) in [6, 6.07) is 16.5. The van der Waals surface area contributed by atoms with E-state index in [-0.39, 0.29) is 11.7 Å². The molecule has 3 aliphatic heterocycles. The van der Waals surface area contributed by atoms with Crippen molar-refractivity contribution in [2.24, 2.45) is 0 Å². The molecule has 3 aliphatic rings. The summed E-state index contributed by atoms with van der Waals surface area (Å²) in [5.41, 5.74) is 5.62. The summed E-state index contributed by atoms with van der Waals surface area (Å²) in [5, 5.41) is 15.6. The maximum Gasteiger partial charge on any atom is 0.337 e. The number of aryl methyl sites for hydroxylation is 2. The fourth-order valence-corrected chi connectivity index (χ4v) is 6.48. The van der Waals surface area contributed by atoms with Crippen LogP contribution in [0.1, 0.15) is 76.8 Å². The van der Waals surface area contributed by atoms with E-state index in [2.05, 4.69) is 62.1 Å². The Bertz CT molecular complexity index is 1810. The first-order valence-corrected chi connectivity index (χ1v) is 16.5. The zero-order chi connectivity index (χ0) is 33.5. The van der Waals surface area contributed by atoms with Gasteiger partial charge in [0.1, 0.15) is 11.6 Å². The Morgan fingerprint density at radius 3 is 2.53 bits per heavy atom. The number of carboxylic acids is 1. The molecule has 2 atom stereocenters. The van der Waals surface area contributed by atoms with Crippen LogP contribution in [0.25, 0.3) is 28.0 Å². The highest BCUT2D eigenvalue weighted by Gasteiger charge is 2.37. The zero-order valence-electron chi connectivity index (χ0n) is 28.5. The predicted molar refractivity (Wildman–Crippen MR) is 184 cm³/mol. The van der Waals surface area contributed by atoms with Gasteiger partial charge in [-0.15, -0.1) is 0 Å². The number of carboxylic acid groups (broad SMARTS) is 1. The molecule has 4 aromatic rings. The molecule has 0 unspecified atom stereocenters. The van der Waals surface area contributed by atoms with Gasteiger partial charge in [0.2, 0.25) is 0 Å².